The van der Waals surface area contributed by atoms with Gasteiger partial charge in [-0.15, -0.1) is 9.20 Å². The molecule has 4 rings (SSSR count). The molecule has 0 fully saturated rings. The van der Waals surface area contributed by atoms with Crippen molar-refractivity contribution < 1.29 is 22.8 Å². The summed E-state index contributed by atoms with van der Waals surface area (Å²) in [6, 6.07) is 10.7. The van der Waals surface area contributed by atoms with Crippen LogP contribution in [0.15, 0.2) is 53.3 Å². The molecule has 4 aromatic rings. The van der Waals surface area contributed by atoms with E-state index < -0.39 is 17.6 Å². The van der Waals surface area contributed by atoms with Gasteiger partial charge in [-0.2, -0.15) is 13.2 Å². The number of hydrogen-bond acceptors (Lipinski definition) is 4. The molecule has 0 aliphatic heterocycles. The topological polar surface area (TPSA) is 93.0 Å². The average molecular weight is 389 g/mol. The van der Waals surface area contributed by atoms with Crippen molar-refractivity contribution in [2.45, 2.75) is 12.7 Å². The van der Waals surface area contributed by atoms with E-state index in [1.807, 2.05) is 0 Å². The summed E-state index contributed by atoms with van der Waals surface area (Å²) in [6.45, 7) is 0.222. The lowest BCUT2D eigenvalue weighted by Gasteiger charge is -2.08. The SMILES string of the molecule is NCCn1c(=O)c2ccccc2[n+]2nn(-c3ccc(C(F)(F)F)cc3)c([O-])c12. The molecule has 0 saturated carbocycles. The second-order valence-corrected chi connectivity index (χ2v) is 6.15. The number of nitrogens with two attached hydrogens (primary N) is 1. The van der Waals surface area contributed by atoms with Gasteiger partial charge in [0, 0.05) is 11.8 Å². The van der Waals surface area contributed by atoms with Crippen molar-refractivity contribution in [3.63, 3.8) is 0 Å². The number of benzene rings is 2. The van der Waals surface area contributed by atoms with Crippen LogP contribution in [0, 0.1) is 0 Å². The van der Waals surface area contributed by atoms with Crippen molar-refractivity contribution in [1.29, 1.82) is 0 Å². The lowest BCUT2D eigenvalue weighted by molar-refractivity contribution is -0.559. The van der Waals surface area contributed by atoms with E-state index in [2.05, 4.69) is 5.21 Å². The molecule has 7 nitrogen and oxygen atoms in total. The number of aromatic nitrogens is 4. The zero-order chi connectivity index (χ0) is 20.1. The lowest BCUT2D eigenvalue weighted by atomic mass is 10.2. The molecule has 2 N–H and O–H groups in total. The Bertz CT molecular complexity index is 1240. The fourth-order valence-corrected chi connectivity index (χ4v) is 3.13. The zero-order valence-corrected chi connectivity index (χ0v) is 14.3. The lowest BCUT2D eigenvalue weighted by Crippen LogP contribution is -2.37. The van der Waals surface area contributed by atoms with E-state index in [1.54, 1.807) is 24.3 Å². The average Bonchev–Trinajstić information content (AvgIpc) is 3.02. The normalized spacial score (nSPS) is 12.1. The van der Waals surface area contributed by atoms with Gasteiger partial charge < -0.3 is 10.8 Å². The third-order valence-electron chi connectivity index (χ3n) is 4.42. The smallest absolute Gasteiger partial charge is 0.416 e. The van der Waals surface area contributed by atoms with Gasteiger partial charge in [0.25, 0.3) is 5.65 Å². The number of fused-ring (bicyclic) bond motifs is 3. The predicted molar refractivity (Wildman–Crippen MR) is 92.0 cm³/mol. The standard InChI is InChI=1S/C18H14F3N5O2/c19-18(20,21)11-5-7-12(8-6-11)25-17(28)15-24(10-9-22)16(27)13-3-1-2-4-14(13)26(15)23-25/h1-8H,9-10,22H2. The summed E-state index contributed by atoms with van der Waals surface area (Å²) in [4.78, 5) is 12.8. The molecular formula is C18H14F3N5O2. The van der Waals surface area contributed by atoms with Crippen molar-refractivity contribution in [2.75, 3.05) is 6.54 Å². The summed E-state index contributed by atoms with van der Waals surface area (Å²) in [5.74, 6) is -0.629. The molecule has 2 aromatic carbocycles. The number of nitrogens with zero attached hydrogens (tertiary/aromatic N) is 4. The quantitative estimate of drug-likeness (QED) is 0.529. The Balaban J connectivity index is 2.02. The van der Waals surface area contributed by atoms with Crippen LogP contribution in [0.25, 0.3) is 22.2 Å². The minimum absolute atomic E-state index is 0.00551. The van der Waals surface area contributed by atoms with E-state index in [0.717, 1.165) is 28.9 Å². The molecule has 28 heavy (non-hydrogen) atoms. The molecule has 0 bridgehead atoms. The molecule has 10 heteroatoms. The van der Waals surface area contributed by atoms with Gasteiger partial charge in [-0.1, -0.05) is 12.1 Å². The van der Waals surface area contributed by atoms with Crippen LogP contribution in [0.3, 0.4) is 0 Å². The minimum atomic E-state index is -4.49. The summed E-state index contributed by atoms with van der Waals surface area (Å²) in [6.07, 6.45) is -4.49. The first-order chi connectivity index (χ1) is 13.3. The Morgan fingerprint density at radius 1 is 1.11 bits per heavy atom. The Kier molecular flexibility index (Phi) is 4.07. The molecule has 0 spiro atoms. The summed E-state index contributed by atoms with van der Waals surface area (Å²) in [7, 11) is 0. The highest BCUT2D eigenvalue weighted by molar-refractivity contribution is 5.76. The molecule has 0 saturated heterocycles. The molecule has 0 atom stereocenters. The van der Waals surface area contributed by atoms with Crippen molar-refractivity contribution in [3.05, 3.63) is 64.4 Å². The fourth-order valence-electron chi connectivity index (χ4n) is 3.13. The van der Waals surface area contributed by atoms with Crippen LogP contribution in [-0.2, 0) is 12.7 Å². The van der Waals surface area contributed by atoms with Crippen LogP contribution in [0.5, 0.6) is 5.88 Å². The molecule has 2 heterocycles. The number of hydrogen-bond donors (Lipinski definition) is 1. The van der Waals surface area contributed by atoms with Crippen LogP contribution in [0.4, 0.5) is 13.2 Å². The third kappa shape index (κ3) is 2.69. The maximum Gasteiger partial charge on any atom is 0.416 e. The minimum Gasteiger partial charge on any atom is -0.842 e. The second kappa shape index (κ2) is 6.34. The number of rotatable bonds is 3. The van der Waals surface area contributed by atoms with Crippen LogP contribution in [-0.4, -0.2) is 21.0 Å². The fraction of sp³-hybridized carbons (Fsp3) is 0.167. The van der Waals surface area contributed by atoms with E-state index in [4.69, 9.17) is 5.73 Å². The van der Waals surface area contributed by atoms with Crippen molar-refractivity contribution in [3.8, 4) is 11.6 Å². The molecule has 0 unspecified atom stereocenters. The Labute approximate surface area is 155 Å². The van der Waals surface area contributed by atoms with Crippen LogP contribution in [0.2, 0.25) is 0 Å². The molecule has 0 aliphatic carbocycles. The summed E-state index contributed by atoms with van der Waals surface area (Å²) < 4.78 is 41.9. The number of para-hydroxylation sites is 1. The summed E-state index contributed by atoms with van der Waals surface area (Å²) >= 11 is 0. The maximum atomic E-state index is 13.0. The highest BCUT2D eigenvalue weighted by Crippen LogP contribution is 2.30. The number of halogens is 3. The zero-order valence-electron chi connectivity index (χ0n) is 14.3. The van der Waals surface area contributed by atoms with E-state index in [0.29, 0.717) is 10.9 Å². The molecule has 0 radical (unpaired) electrons. The van der Waals surface area contributed by atoms with Crippen molar-refractivity contribution in [1.82, 2.24) is 14.5 Å². The van der Waals surface area contributed by atoms with Gasteiger partial charge in [0.1, 0.15) is 17.1 Å². The van der Waals surface area contributed by atoms with E-state index in [1.165, 1.54) is 9.08 Å². The van der Waals surface area contributed by atoms with Crippen molar-refractivity contribution in [2.24, 2.45) is 5.73 Å². The molecule has 144 valence electrons. The van der Waals surface area contributed by atoms with Crippen LogP contribution >= 0.6 is 0 Å². The molecule has 0 amide bonds. The van der Waals surface area contributed by atoms with Gasteiger partial charge in [-0.25, -0.2) is 4.57 Å². The predicted octanol–water partition coefficient (Wildman–Crippen LogP) is 0.977. The van der Waals surface area contributed by atoms with E-state index >= 15 is 0 Å². The highest BCUT2D eigenvalue weighted by atomic mass is 19.4. The first kappa shape index (κ1) is 18.0. The van der Waals surface area contributed by atoms with Gasteiger partial charge in [-0.05, 0) is 36.4 Å². The van der Waals surface area contributed by atoms with Gasteiger partial charge >= 0.3 is 11.7 Å². The van der Waals surface area contributed by atoms with Crippen molar-refractivity contribution >= 4 is 16.6 Å². The molecule has 0 aliphatic rings. The first-order valence-electron chi connectivity index (χ1n) is 8.34. The monoisotopic (exact) mass is 389 g/mol. The second-order valence-electron chi connectivity index (χ2n) is 6.15. The van der Waals surface area contributed by atoms with E-state index in [9.17, 15) is 23.1 Å². The summed E-state index contributed by atoms with van der Waals surface area (Å²) in [5.41, 5.74) is 4.93. The van der Waals surface area contributed by atoms with Gasteiger partial charge in [0.2, 0.25) is 0 Å². The Hall–Kier alpha value is -3.40. The Morgan fingerprint density at radius 2 is 1.79 bits per heavy atom. The highest BCUT2D eigenvalue weighted by Gasteiger charge is 2.30. The molecule has 2 aromatic heterocycles. The third-order valence-corrected chi connectivity index (χ3v) is 4.42. The number of alkyl halides is 3. The van der Waals surface area contributed by atoms with Gasteiger partial charge in [0.15, 0.2) is 0 Å². The van der Waals surface area contributed by atoms with E-state index in [-0.39, 0.29) is 30.0 Å². The first-order valence-corrected chi connectivity index (χ1v) is 8.34. The largest absolute Gasteiger partial charge is 0.842 e. The summed E-state index contributed by atoms with van der Waals surface area (Å²) in [5, 5.41) is 17.5. The van der Waals surface area contributed by atoms with Crippen LogP contribution < -0.4 is 20.9 Å². The maximum absolute atomic E-state index is 13.0. The molecular weight excluding hydrogens is 375 g/mol. The Morgan fingerprint density at radius 3 is 2.43 bits per heavy atom. The van der Waals surface area contributed by atoms with Gasteiger partial charge in [-0.3, -0.25) is 4.79 Å². The van der Waals surface area contributed by atoms with Crippen LogP contribution in [0.1, 0.15) is 5.56 Å². The van der Waals surface area contributed by atoms with Gasteiger partial charge in [0.05, 0.1) is 17.5 Å².